The van der Waals surface area contributed by atoms with Gasteiger partial charge in [-0.15, -0.1) is 0 Å². The van der Waals surface area contributed by atoms with E-state index in [1.165, 1.54) is 0 Å². The van der Waals surface area contributed by atoms with Crippen molar-refractivity contribution < 1.29 is 35.5 Å². The zero-order valence-electron chi connectivity index (χ0n) is 17.3. The minimum Gasteiger partial charge on any atom is -0.335 e. The average molecular weight is 466 g/mol. The highest BCUT2D eigenvalue weighted by molar-refractivity contribution is 5.85. The number of hydrogen-bond acceptors (Lipinski definition) is 3. The van der Waals surface area contributed by atoms with Crippen LogP contribution in [0, 0.1) is 13.8 Å². The smallest absolute Gasteiger partial charge is 0.335 e. The highest BCUT2D eigenvalue weighted by atomic mass is 19.4. The fourth-order valence-corrected chi connectivity index (χ4v) is 3.57. The molecule has 12 heteroatoms. The number of benzene rings is 1. The lowest BCUT2D eigenvalue weighted by atomic mass is 10.1. The SMILES string of the molecule is Cc1nn(-c2ccccc2)c(C)c1CN1CCN(C(=O)C(F)(F)C(F)(F)C(F)(F)F)CC1. The van der Waals surface area contributed by atoms with Gasteiger partial charge in [0.15, 0.2) is 0 Å². The van der Waals surface area contributed by atoms with E-state index in [1.807, 2.05) is 37.3 Å². The number of para-hydroxylation sites is 1. The molecule has 5 nitrogen and oxygen atoms in total. The van der Waals surface area contributed by atoms with E-state index in [0.717, 1.165) is 22.6 Å². The first-order chi connectivity index (χ1) is 14.8. The fraction of sp³-hybridized carbons (Fsp3) is 0.500. The number of carbonyl (C=O) groups is 1. The molecule has 1 aliphatic rings. The van der Waals surface area contributed by atoms with Crippen LogP contribution in [0.2, 0.25) is 0 Å². The minimum atomic E-state index is -6.54. The van der Waals surface area contributed by atoms with Crippen molar-refractivity contribution in [3.63, 3.8) is 0 Å². The first-order valence-electron chi connectivity index (χ1n) is 9.72. The number of nitrogens with zero attached hydrogens (tertiary/aromatic N) is 4. The third-order valence-corrected chi connectivity index (χ3v) is 5.50. The van der Waals surface area contributed by atoms with Crippen molar-refractivity contribution in [3.05, 3.63) is 47.3 Å². The van der Waals surface area contributed by atoms with Gasteiger partial charge < -0.3 is 4.90 Å². The van der Waals surface area contributed by atoms with Crippen molar-refractivity contribution in [2.24, 2.45) is 0 Å². The molecule has 0 unspecified atom stereocenters. The van der Waals surface area contributed by atoms with Crippen LogP contribution in [0.3, 0.4) is 0 Å². The number of hydrogen-bond donors (Lipinski definition) is 0. The molecule has 32 heavy (non-hydrogen) atoms. The van der Waals surface area contributed by atoms with Crippen LogP contribution in [-0.4, -0.2) is 69.7 Å². The van der Waals surface area contributed by atoms with Gasteiger partial charge in [-0.25, -0.2) is 4.68 Å². The molecule has 1 fully saturated rings. The largest absolute Gasteiger partial charge is 0.460 e. The van der Waals surface area contributed by atoms with Gasteiger partial charge in [-0.2, -0.15) is 35.8 Å². The molecule has 0 aliphatic carbocycles. The lowest BCUT2D eigenvalue weighted by Crippen LogP contribution is -2.62. The third-order valence-electron chi connectivity index (χ3n) is 5.50. The summed E-state index contributed by atoms with van der Waals surface area (Å²) in [6, 6.07) is 9.35. The van der Waals surface area contributed by atoms with Crippen LogP contribution in [0.4, 0.5) is 30.7 Å². The van der Waals surface area contributed by atoms with E-state index in [4.69, 9.17) is 0 Å². The highest BCUT2D eigenvalue weighted by Crippen LogP contribution is 2.47. The number of amides is 1. The molecule has 2 heterocycles. The average Bonchev–Trinajstić information content (AvgIpc) is 3.01. The van der Waals surface area contributed by atoms with Crippen molar-refractivity contribution in [1.29, 1.82) is 0 Å². The van der Waals surface area contributed by atoms with Crippen LogP contribution in [0.25, 0.3) is 5.69 Å². The Morgan fingerprint density at radius 1 is 0.938 bits per heavy atom. The first kappa shape index (κ1) is 24.0. The second-order valence-corrected chi connectivity index (χ2v) is 7.61. The number of alkyl halides is 7. The molecule has 3 rings (SSSR count). The molecule has 0 saturated carbocycles. The Balaban J connectivity index is 1.67. The second kappa shape index (κ2) is 8.38. The summed E-state index contributed by atoms with van der Waals surface area (Å²) in [6.07, 6.45) is -6.54. The van der Waals surface area contributed by atoms with Gasteiger partial charge in [0.2, 0.25) is 0 Å². The van der Waals surface area contributed by atoms with Gasteiger partial charge >= 0.3 is 18.0 Å². The van der Waals surface area contributed by atoms with E-state index < -0.39 is 37.0 Å². The van der Waals surface area contributed by atoms with Crippen LogP contribution in [0.1, 0.15) is 17.0 Å². The topological polar surface area (TPSA) is 41.4 Å². The summed E-state index contributed by atoms with van der Waals surface area (Å²) in [5.74, 6) is -14.9. The molecule has 0 atom stereocenters. The Kier molecular flexibility index (Phi) is 6.29. The van der Waals surface area contributed by atoms with Gasteiger partial charge in [-0.3, -0.25) is 9.69 Å². The van der Waals surface area contributed by atoms with E-state index in [1.54, 1.807) is 16.5 Å². The van der Waals surface area contributed by atoms with Crippen LogP contribution in [-0.2, 0) is 11.3 Å². The van der Waals surface area contributed by atoms with E-state index in [9.17, 15) is 35.5 Å². The zero-order valence-corrected chi connectivity index (χ0v) is 17.3. The molecule has 0 N–H and O–H groups in total. The minimum absolute atomic E-state index is 0.0365. The summed E-state index contributed by atoms with van der Waals surface area (Å²) in [4.78, 5) is 14.0. The van der Waals surface area contributed by atoms with Crippen molar-refractivity contribution in [1.82, 2.24) is 19.6 Å². The number of halogens is 7. The number of aromatic nitrogens is 2. The van der Waals surface area contributed by atoms with Crippen LogP contribution < -0.4 is 0 Å². The van der Waals surface area contributed by atoms with Gasteiger partial charge in [0, 0.05) is 44.0 Å². The molecular formula is C20H21F7N4O. The molecule has 2 aromatic rings. The molecule has 0 spiro atoms. The van der Waals surface area contributed by atoms with Crippen LogP contribution in [0.5, 0.6) is 0 Å². The van der Waals surface area contributed by atoms with Gasteiger partial charge in [0.25, 0.3) is 5.91 Å². The normalized spacial score (nSPS) is 16.5. The molecule has 1 saturated heterocycles. The number of carbonyl (C=O) groups excluding carboxylic acids is 1. The Bertz CT molecular complexity index is 964. The Morgan fingerprint density at radius 3 is 2.03 bits per heavy atom. The summed E-state index contributed by atoms with van der Waals surface area (Å²) >= 11 is 0. The highest BCUT2D eigenvalue weighted by Gasteiger charge is 2.76. The summed E-state index contributed by atoms with van der Waals surface area (Å²) < 4.78 is 92.5. The summed E-state index contributed by atoms with van der Waals surface area (Å²) in [5.41, 5.74) is 3.31. The Morgan fingerprint density at radius 2 is 1.50 bits per heavy atom. The number of rotatable bonds is 5. The maximum atomic E-state index is 13.7. The maximum Gasteiger partial charge on any atom is 0.460 e. The van der Waals surface area contributed by atoms with E-state index >= 15 is 0 Å². The second-order valence-electron chi connectivity index (χ2n) is 7.61. The quantitative estimate of drug-likeness (QED) is 0.627. The Labute approximate surface area is 179 Å². The first-order valence-corrected chi connectivity index (χ1v) is 9.72. The van der Waals surface area contributed by atoms with E-state index in [0.29, 0.717) is 11.4 Å². The van der Waals surface area contributed by atoms with E-state index in [-0.39, 0.29) is 13.1 Å². The predicted octanol–water partition coefficient (Wildman–Crippen LogP) is 3.97. The van der Waals surface area contributed by atoms with Crippen molar-refractivity contribution >= 4 is 5.91 Å². The molecule has 0 bridgehead atoms. The summed E-state index contributed by atoms with van der Waals surface area (Å²) in [5, 5.41) is 4.51. The van der Waals surface area contributed by atoms with Crippen molar-refractivity contribution in [2.45, 2.75) is 38.4 Å². The predicted molar refractivity (Wildman–Crippen MR) is 101 cm³/mol. The summed E-state index contributed by atoms with van der Waals surface area (Å²) in [7, 11) is 0. The molecule has 176 valence electrons. The zero-order chi connectivity index (χ0) is 23.9. The van der Waals surface area contributed by atoms with Gasteiger partial charge in [-0.1, -0.05) is 18.2 Å². The van der Waals surface area contributed by atoms with Crippen molar-refractivity contribution in [2.75, 3.05) is 26.2 Å². The maximum absolute atomic E-state index is 13.7. The van der Waals surface area contributed by atoms with Gasteiger partial charge in [0.05, 0.1) is 11.4 Å². The fourth-order valence-electron chi connectivity index (χ4n) is 3.57. The van der Waals surface area contributed by atoms with E-state index in [2.05, 4.69) is 5.10 Å². The lowest BCUT2D eigenvalue weighted by molar-refractivity contribution is -0.346. The monoisotopic (exact) mass is 466 g/mol. The molecular weight excluding hydrogens is 445 g/mol. The molecule has 0 radical (unpaired) electrons. The van der Waals surface area contributed by atoms with Crippen LogP contribution >= 0.6 is 0 Å². The molecule has 1 aliphatic heterocycles. The summed E-state index contributed by atoms with van der Waals surface area (Å²) in [6.45, 7) is 3.31. The molecule has 1 aromatic heterocycles. The number of aryl methyl sites for hydroxylation is 1. The van der Waals surface area contributed by atoms with Crippen LogP contribution in [0.15, 0.2) is 30.3 Å². The lowest BCUT2D eigenvalue weighted by Gasteiger charge is -2.37. The third kappa shape index (κ3) is 4.19. The number of piperazine rings is 1. The Hall–Kier alpha value is -2.63. The standard InChI is InChI=1S/C20H21F7N4O/c1-13-16(14(2)31(28-13)15-6-4-3-5-7-15)12-29-8-10-30(11-9-29)17(32)18(21,22)19(23,24)20(25,26)27/h3-7H,8-12H2,1-2H3. The molecule has 1 amide bonds. The van der Waals surface area contributed by atoms with Gasteiger partial charge in [-0.05, 0) is 26.0 Å². The van der Waals surface area contributed by atoms with Gasteiger partial charge in [0.1, 0.15) is 0 Å². The van der Waals surface area contributed by atoms with Crippen molar-refractivity contribution in [3.8, 4) is 5.69 Å². The molecule has 1 aromatic carbocycles.